The molecule has 0 fully saturated rings. The number of fused-ring (bicyclic) bond motifs is 1. The van der Waals surface area contributed by atoms with Crippen LogP contribution in [0.15, 0.2) is 57.9 Å². The number of hydrogen-bond donors (Lipinski definition) is 1. The minimum atomic E-state index is 0.0501. The van der Waals surface area contributed by atoms with Crippen LogP contribution in [0, 0.1) is 0 Å². The topological polar surface area (TPSA) is 47.2 Å². The average Bonchev–Trinajstić information content (AvgIpc) is 2.96. The SMILES string of the molecule is CCNCc1ccc(Cn2ccc(=O)c3ccccc32)o1. The van der Waals surface area contributed by atoms with E-state index in [0.29, 0.717) is 6.54 Å². The summed E-state index contributed by atoms with van der Waals surface area (Å²) in [7, 11) is 0. The Hall–Kier alpha value is -2.33. The van der Waals surface area contributed by atoms with Gasteiger partial charge in [-0.1, -0.05) is 19.1 Å². The van der Waals surface area contributed by atoms with E-state index >= 15 is 0 Å². The maximum Gasteiger partial charge on any atom is 0.189 e. The maximum atomic E-state index is 11.9. The van der Waals surface area contributed by atoms with Crippen LogP contribution in [0.3, 0.4) is 0 Å². The van der Waals surface area contributed by atoms with Crippen LogP contribution < -0.4 is 10.7 Å². The lowest BCUT2D eigenvalue weighted by atomic mass is 10.2. The number of para-hydroxylation sites is 1. The van der Waals surface area contributed by atoms with Crippen molar-refractivity contribution in [2.75, 3.05) is 6.54 Å². The zero-order chi connectivity index (χ0) is 14.7. The molecule has 0 amide bonds. The van der Waals surface area contributed by atoms with Crippen LogP contribution in [0.4, 0.5) is 0 Å². The van der Waals surface area contributed by atoms with Crippen molar-refractivity contribution in [1.29, 1.82) is 0 Å². The maximum absolute atomic E-state index is 11.9. The summed E-state index contributed by atoms with van der Waals surface area (Å²) in [6, 6.07) is 13.2. The second-order valence-electron chi connectivity index (χ2n) is 4.97. The number of hydrogen-bond acceptors (Lipinski definition) is 3. The van der Waals surface area contributed by atoms with Gasteiger partial charge in [0.05, 0.1) is 18.6 Å². The minimum Gasteiger partial charge on any atom is -0.463 e. The molecular weight excluding hydrogens is 264 g/mol. The monoisotopic (exact) mass is 282 g/mol. The summed E-state index contributed by atoms with van der Waals surface area (Å²) in [6.07, 6.45) is 1.82. The van der Waals surface area contributed by atoms with E-state index < -0.39 is 0 Å². The zero-order valence-corrected chi connectivity index (χ0v) is 12.0. The second-order valence-corrected chi connectivity index (χ2v) is 4.97. The van der Waals surface area contributed by atoms with Gasteiger partial charge in [-0.2, -0.15) is 0 Å². The molecule has 0 atom stereocenters. The second kappa shape index (κ2) is 5.97. The molecule has 0 aliphatic heterocycles. The highest BCUT2D eigenvalue weighted by Crippen LogP contribution is 2.14. The van der Waals surface area contributed by atoms with Gasteiger partial charge in [-0.15, -0.1) is 0 Å². The van der Waals surface area contributed by atoms with Crippen LogP contribution in [0.25, 0.3) is 10.9 Å². The third-order valence-electron chi connectivity index (χ3n) is 3.48. The van der Waals surface area contributed by atoms with Gasteiger partial charge in [0, 0.05) is 17.6 Å². The van der Waals surface area contributed by atoms with Gasteiger partial charge >= 0.3 is 0 Å². The molecule has 0 spiro atoms. The molecule has 0 aliphatic carbocycles. The smallest absolute Gasteiger partial charge is 0.189 e. The summed E-state index contributed by atoms with van der Waals surface area (Å²) < 4.78 is 7.84. The van der Waals surface area contributed by atoms with Crippen molar-refractivity contribution in [3.05, 3.63) is 70.4 Å². The Morgan fingerprint density at radius 2 is 1.90 bits per heavy atom. The lowest BCUT2D eigenvalue weighted by Gasteiger charge is -2.08. The summed E-state index contributed by atoms with van der Waals surface area (Å²) in [5, 5.41) is 3.97. The summed E-state index contributed by atoms with van der Waals surface area (Å²) in [6.45, 7) is 4.34. The molecule has 0 aliphatic rings. The van der Waals surface area contributed by atoms with E-state index in [1.165, 1.54) is 0 Å². The van der Waals surface area contributed by atoms with Gasteiger partial charge in [0.25, 0.3) is 0 Å². The molecule has 3 aromatic rings. The molecule has 108 valence electrons. The van der Waals surface area contributed by atoms with Crippen molar-refractivity contribution in [2.45, 2.75) is 20.0 Å². The normalized spacial score (nSPS) is 11.1. The van der Waals surface area contributed by atoms with Gasteiger partial charge in [-0.25, -0.2) is 0 Å². The molecule has 2 aromatic heterocycles. The molecule has 2 heterocycles. The van der Waals surface area contributed by atoms with Crippen LogP contribution in [0.2, 0.25) is 0 Å². The summed E-state index contributed by atoms with van der Waals surface area (Å²) >= 11 is 0. The Labute approximate surface area is 123 Å². The Morgan fingerprint density at radius 1 is 1.10 bits per heavy atom. The van der Waals surface area contributed by atoms with E-state index in [-0.39, 0.29) is 5.43 Å². The van der Waals surface area contributed by atoms with Crippen LogP contribution in [0.5, 0.6) is 0 Å². The summed E-state index contributed by atoms with van der Waals surface area (Å²) in [5.41, 5.74) is 0.976. The Kier molecular flexibility index (Phi) is 3.88. The lowest BCUT2D eigenvalue weighted by molar-refractivity contribution is 0.441. The number of nitrogens with one attached hydrogen (secondary N) is 1. The standard InChI is InChI=1S/C17H18N2O2/c1-2-18-11-13-7-8-14(21-13)12-19-10-9-17(20)15-5-3-4-6-16(15)19/h3-10,18H,2,11-12H2,1H3. The first-order valence-electron chi connectivity index (χ1n) is 7.14. The fourth-order valence-electron chi connectivity index (χ4n) is 2.42. The van der Waals surface area contributed by atoms with E-state index in [4.69, 9.17) is 4.42 Å². The van der Waals surface area contributed by atoms with E-state index in [1.54, 1.807) is 6.07 Å². The Balaban J connectivity index is 1.90. The minimum absolute atomic E-state index is 0.0501. The van der Waals surface area contributed by atoms with Crippen molar-refractivity contribution in [2.24, 2.45) is 0 Å². The predicted molar refractivity (Wildman–Crippen MR) is 83.4 cm³/mol. The molecule has 0 bridgehead atoms. The van der Waals surface area contributed by atoms with Crippen LogP contribution in [-0.2, 0) is 13.1 Å². The molecule has 21 heavy (non-hydrogen) atoms. The highest BCUT2D eigenvalue weighted by molar-refractivity contribution is 5.78. The first kappa shape index (κ1) is 13.6. The van der Waals surface area contributed by atoms with Gasteiger partial charge in [-0.05, 0) is 30.8 Å². The van der Waals surface area contributed by atoms with Gasteiger partial charge in [0.2, 0.25) is 0 Å². The van der Waals surface area contributed by atoms with Crippen molar-refractivity contribution in [1.82, 2.24) is 9.88 Å². The number of aromatic nitrogens is 1. The molecule has 0 radical (unpaired) electrons. The van der Waals surface area contributed by atoms with E-state index in [9.17, 15) is 4.79 Å². The quantitative estimate of drug-likeness (QED) is 0.782. The number of pyridine rings is 1. The number of nitrogens with zero attached hydrogens (tertiary/aromatic N) is 1. The number of furan rings is 1. The molecule has 0 unspecified atom stereocenters. The molecular formula is C17H18N2O2. The van der Waals surface area contributed by atoms with Crippen molar-refractivity contribution in [3.63, 3.8) is 0 Å². The fraction of sp³-hybridized carbons (Fsp3) is 0.235. The molecule has 1 aromatic carbocycles. The zero-order valence-electron chi connectivity index (χ0n) is 12.0. The first-order chi connectivity index (χ1) is 10.3. The summed E-state index contributed by atoms with van der Waals surface area (Å²) in [5.74, 6) is 1.81. The first-order valence-corrected chi connectivity index (χ1v) is 7.14. The van der Waals surface area contributed by atoms with Crippen molar-refractivity contribution in [3.8, 4) is 0 Å². The molecule has 1 N–H and O–H groups in total. The molecule has 0 saturated heterocycles. The third-order valence-corrected chi connectivity index (χ3v) is 3.48. The van der Waals surface area contributed by atoms with Gasteiger partial charge in [0.1, 0.15) is 11.5 Å². The van der Waals surface area contributed by atoms with Gasteiger partial charge in [0.15, 0.2) is 5.43 Å². The Bertz CT molecular complexity index is 802. The third kappa shape index (κ3) is 2.90. The van der Waals surface area contributed by atoms with Crippen LogP contribution in [-0.4, -0.2) is 11.1 Å². The van der Waals surface area contributed by atoms with E-state index in [1.807, 2.05) is 47.2 Å². The van der Waals surface area contributed by atoms with Crippen LogP contribution >= 0.6 is 0 Å². The average molecular weight is 282 g/mol. The molecule has 3 rings (SSSR count). The van der Waals surface area contributed by atoms with Crippen LogP contribution in [0.1, 0.15) is 18.4 Å². The fourth-order valence-corrected chi connectivity index (χ4v) is 2.42. The predicted octanol–water partition coefficient (Wildman–Crippen LogP) is 2.75. The molecule has 4 heteroatoms. The highest BCUT2D eigenvalue weighted by Gasteiger charge is 2.06. The van der Waals surface area contributed by atoms with Gasteiger partial charge < -0.3 is 14.3 Å². The Morgan fingerprint density at radius 3 is 2.76 bits per heavy atom. The van der Waals surface area contributed by atoms with E-state index in [2.05, 4.69) is 12.2 Å². The summed E-state index contributed by atoms with van der Waals surface area (Å²) in [4.78, 5) is 11.9. The largest absolute Gasteiger partial charge is 0.463 e. The number of rotatable bonds is 5. The van der Waals surface area contributed by atoms with Crippen molar-refractivity contribution >= 4 is 10.9 Å². The number of benzene rings is 1. The highest BCUT2D eigenvalue weighted by atomic mass is 16.3. The van der Waals surface area contributed by atoms with Crippen molar-refractivity contribution < 1.29 is 4.42 Å². The lowest BCUT2D eigenvalue weighted by Crippen LogP contribution is -2.11. The van der Waals surface area contributed by atoms with E-state index in [0.717, 1.165) is 35.5 Å². The van der Waals surface area contributed by atoms with Gasteiger partial charge in [-0.3, -0.25) is 4.79 Å². The molecule has 0 saturated carbocycles. The molecule has 4 nitrogen and oxygen atoms in total.